The molecule has 10 nitrogen and oxygen atoms in total. The quantitative estimate of drug-likeness (QED) is 0.167. The van der Waals surface area contributed by atoms with Crippen molar-refractivity contribution in [2.24, 2.45) is 0 Å². The van der Waals surface area contributed by atoms with E-state index >= 15 is 0 Å². The van der Waals surface area contributed by atoms with Crippen molar-refractivity contribution in [1.82, 2.24) is 0 Å². The molecule has 0 bridgehead atoms. The van der Waals surface area contributed by atoms with Crippen molar-refractivity contribution in [2.45, 2.75) is 62.7 Å². The number of unbranched alkanes of at least 4 members (excludes halogenated alkanes) is 2. The molecule has 2 aliphatic rings. The zero-order valence-electron chi connectivity index (χ0n) is 19.8. The number of rotatable bonds is 12. The molecule has 200 valence electrons. The van der Waals surface area contributed by atoms with Crippen molar-refractivity contribution >= 4 is 41.1 Å². The number of esters is 3. The van der Waals surface area contributed by atoms with E-state index in [1.165, 1.54) is 7.11 Å². The molecular formula is C24H30Cl2O10. The average Bonchev–Trinajstić information content (AvgIpc) is 2.91. The number of carbonyl (C=O) groups excluding carboxylic acids is 3. The van der Waals surface area contributed by atoms with Crippen LogP contribution >= 0.6 is 23.2 Å². The topological polar surface area (TPSA) is 116 Å². The molecule has 0 saturated carbocycles. The number of carbonyl (C=O) groups is 3. The molecule has 1 aromatic rings. The molecule has 0 unspecified atom stereocenters. The first-order valence-electron chi connectivity index (χ1n) is 11.6. The number of methoxy groups -OCH3 is 1. The Balaban J connectivity index is 1.73. The highest BCUT2D eigenvalue weighted by molar-refractivity contribution is 6.26. The van der Waals surface area contributed by atoms with Crippen molar-refractivity contribution < 1.29 is 47.5 Å². The zero-order valence-corrected chi connectivity index (χ0v) is 21.4. The summed E-state index contributed by atoms with van der Waals surface area (Å²) in [4.78, 5) is 35.6. The second-order valence-corrected chi connectivity index (χ2v) is 8.69. The monoisotopic (exact) mass is 548 g/mol. The third-order valence-electron chi connectivity index (χ3n) is 5.64. The second-order valence-electron chi connectivity index (χ2n) is 8.15. The van der Waals surface area contributed by atoms with Gasteiger partial charge >= 0.3 is 17.9 Å². The fourth-order valence-electron chi connectivity index (χ4n) is 3.94. The lowest BCUT2D eigenvalue weighted by Gasteiger charge is -2.48. The molecule has 1 aromatic carbocycles. The SMILES string of the molecule is COC(=O)CCCCCO[C@@H]1O[C@@H]2CO[C@H](c3ccccc3)O[C@@H]2[C@H](OC(=O)CCl)[C@H]1OC(=O)CCl. The number of fused-ring (bicyclic) bond motifs is 1. The van der Waals surface area contributed by atoms with Crippen molar-refractivity contribution in [3.63, 3.8) is 0 Å². The van der Waals surface area contributed by atoms with Gasteiger partial charge in [0.15, 0.2) is 24.8 Å². The lowest BCUT2D eigenvalue weighted by Crippen LogP contribution is -2.64. The molecule has 0 N–H and O–H groups in total. The Morgan fingerprint density at radius 1 is 0.917 bits per heavy atom. The van der Waals surface area contributed by atoms with Gasteiger partial charge in [0.1, 0.15) is 24.0 Å². The Morgan fingerprint density at radius 2 is 1.61 bits per heavy atom. The summed E-state index contributed by atoms with van der Waals surface area (Å²) < 4.78 is 39.6. The highest BCUT2D eigenvalue weighted by atomic mass is 35.5. The molecule has 2 saturated heterocycles. The van der Waals surface area contributed by atoms with E-state index in [9.17, 15) is 14.4 Å². The molecule has 6 atom stereocenters. The van der Waals surface area contributed by atoms with Crippen LogP contribution < -0.4 is 0 Å². The first-order valence-corrected chi connectivity index (χ1v) is 12.7. The molecule has 0 aromatic heterocycles. The summed E-state index contributed by atoms with van der Waals surface area (Å²) in [7, 11) is 1.34. The van der Waals surface area contributed by atoms with E-state index in [4.69, 9.17) is 51.6 Å². The van der Waals surface area contributed by atoms with Crippen LogP contribution in [0.5, 0.6) is 0 Å². The minimum atomic E-state index is -1.16. The van der Waals surface area contributed by atoms with Crippen molar-refractivity contribution in [3.8, 4) is 0 Å². The van der Waals surface area contributed by atoms with E-state index in [-0.39, 0.29) is 19.2 Å². The standard InChI is InChI=1S/C24H30Cl2O10/c1-30-17(27)10-6-3-7-11-31-24-22(35-19(29)13-26)21(34-18(28)12-25)20-16(33-24)14-32-23(36-20)15-8-4-2-5-9-15/h2,4-5,8-9,16,20-24H,3,6-7,10-14H2,1H3/t16-,20+,21+,22-,23+,24-/m1/s1. The fourth-order valence-corrected chi connectivity index (χ4v) is 4.06. The first kappa shape index (κ1) is 28.6. The van der Waals surface area contributed by atoms with Gasteiger partial charge < -0.3 is 33.2 Å². The number of benzene rings is 1. The molecule has 2 fully saturated rings. The maximum Gasteiger partial charge on any atom is 0.321 e. The Kier molecular flexibility index (Phi) is 11.7. The highest BCUT2D eigenvalue weighted by Gasteiger charge is 2.54. The summed E-state index contributed by atoms with van der Waals surface area (Å²) in [5, 5.41) is 0. The van der Waals surface area contributed by atoms with Gasteiger partial charge in [-0.05, 0) is 12.8 Å². The Hall–Kier alpha value is -1.95. The van der Waals surface area contributed by atoms with E-state index in [0.29, 0.717) is 25.7 Å². The molecule has 2 heterocycles. The number of alkyl halides is 2. The van der Waals surface area contributed by atoms with Gasteiger partial charge in [0.05, 0.1) is 13.7 Å². The number of hydrogen-bond donors (Lipinski definition) is 0. The normalized spacial score (nSPS) is 27.5. The molecular weight excluding hydrogens is 519 g/mol. The molecule has 2 aliphatic heterocycles. The van der Waals surface area contributed by atoms with Gasteiger partial charge in [-0.1, -0.05) is 36.8 Å². The summed E-state index contributed by atoms with van der Waals surface area (Å²) in [5.74, 6) is -2.57. The summed E-state index contributed by atoms with van der Waals surface area (Å²) in [5.41, 5.74) is 0.762. The summed E-state index contributed by atoms with van der Waals surface area (Å²) in [6, 6.07) is 9.23. The van der Waals surface area contributed by atoms with Crippen LogP contribution in [0.2, 0.25) is 0 Å². The molecule has 0 aliphatic carbocycles. The van der Waals surface area contributed by atoms with E-state index in [1.54, 1.807) is 0 Å². The third kappa shape index (κ3) is 8.03. The van der Waals surface area contributed by atoms with Crippen LogP contribution in [0.15, 0.2) is 30.3 Å². The fraction of sp³-hybridized carbons (Fsp3) is 0.625. The molecule has 36 heavy (non-hydrogen) atoms. The molecule has 0 radical (unpaired) electrons. The van der Waals surface area contributed by atoms with Crippen LogP contribution in [0.4, 0.5) is 0 Å². The third-order valence-corrected chi connectivity index (χ3v) is 6.08. The predicted molar refractivity (Wildman–Crippen MR) is 126 cm³/mol. The second kappa shape index (κ2) is 14.7. The lowest BCUT2D eigenvalue weighted by atomic mass is 9.97. The van der Waals surface area contributed by atoms with Gasteiger partial charge in [-0.2, -0.15) is 0 Å². The highest BCUT2D eigenvalue weighted by Crippen LogP contribution is 2.37. The van der Waals surface area contributed by atoms with Crippen molar-refractivity contribution in [1.29, 1.82) is 0 Å². The number of hydrogen-bond acceptors (Lipinski definition) is 10. The van der Waals surface area contributed by atoms with Crippen LogP contribution in [0.1, 0.15) is 37.5 Å². The smallest absolute Gasteiger partial charge is 0.321 e. The minimum absolute atomic E-state index is 0.119. The van der Waals surface area contributed by atoms with E-state index < -0.39 is 60.7 Å². The molecule has 0 spiro atoms. The summed E-state index contributed by atoms with van der Waals surface area (Å²) in [6.07, 6.45) is -3.31. The van der Waals surface area contributed by atoms with Gasteiger partial charge in [0.25, 0.3) is 0 Å². The minimum Gasteiger partial charge on any atom is -0.469 e. The zero-order chi connectivity index (χ0) is 25.9. The van der Waals surface area contributed by atoms with Gasteiger partial charge in [0, 0.05) is 18.6 Å². The van der Waals surface area contributed by atoms with E-state index in [1.807, 2.05) is 30.3 Å². The lowest BCUT2D eigenvalue weighted by molar-refractivity contribution is -0.362. The van der Waals surface area contributed by atoms with E-state index in [0.717, 1.165) is 5.56 Å². The summed E-state index contributed by atoms with van der Waals surface area (Å²) >= 11 is 11.4. The Morgan fingerprint density at radius 3 is 2.28 bits per heavy atom. The predicted octanol–water partition coefficient (Wildman–Crippen LogP) is 2.88. The molecule has 0 amide bonds. The van der Waals surface area contributed by atoms with Crippen LogP contribution in [0.25, 0.3) is 0 Å². The number of halogens is 2. The average molecular weight is 549 g/mol. The van der Waals surface area contributed by atoms with Crippen LogP contribution in [-0.4, -0.2) is 80.7 Å². The molecule has 12 heteroatoms. The first-order chi connectivity index (χ1) is 17.5. The largest absolute Gasteiger partial charge is 0.469 e. The van der Waals surface area contributed by atoms with Crippen molar-refractivity contribution in [2.75, 3.05) is 32.1 Å². The Labute approximate surface area is 219 Å². The summed E-state index contributed by atoms with van der Waals surface area (Å²) in [6.45, 7) is 0.358. The number of ether oxygens (including phenoxy) is 7. The van der Waals surface area contributed by atoms with Crippen LogP contribution in [0, 0.1) is 0 Å². The Bertz CT molecular complexity index is 855. The maximum atomic E-state index is 12.2. The molecule has 3 rings (SSSR count). The van der Waals surface area contributed by atoms with Gasteiger partial charge in [-0.3, -0.25) is 14.4 Å². The van der Waals surface area contributed by atoms with Crippen molar-refractivity contribution in [3.05, 3.63) is 35.9 Å². The van der Waals surface area contributed by atoms with Crippen LogP contribution in [0.3, 0.4) is 0 Å². The van der Waals surface area contributed by atoms with Gasteiger partial charge in [-0.25, -0.2) is 0 Å². The van der Waals surface area contributed by atoms with E-state index in [2.05, 4.69) is 4.74 Å². The van der Waals surface area contributed by atoms with Gasteiger partial charge in [-0.15, -0.1) is 23.2 Å². The maximum absolute atomic E-state index is 12.2. The van der Waals surface area contributed by atoms with Gasteiger partial charge in [0.2, 0.25) is 0 Å². The van der Waals surface area contributed by atoms with Crippen LogP contribution in [-0.2, 0) is 47.5 Å².